The molecule has 0 unspecified atom stereocenters. The molecule has 1 heterocycles. The quantitative estimate of drug-likeness (QED) is 0.498. The zero-order valence-corrected chi connectivity index (χ0v) is 16.7. The molecule has 0 radical (unpaired) electrons. The van der Waals surface area contributed by atoms with Crippen molar-refractivity contribution in [2.24, 2.45) is 0 Å². The summed E-state index contributed by atoms with van der Waals surface area (Å²) in [6.07, 6.45) is 0. The average Bonchev–Trinajstić information content (AvgIpc) is 2.93. The first kappa shape index (κ1) is 19.2. The van der Waals surface area contributed by atoms with E-state index in [-0.39, 0.29) is 17.2 Å². The fourth-order valence-corrected chi connectivity index (χ4v) is 3.49. The highest BCUT2D eigenvalue weighted by molar-refractivity contribution is 6.55. The highest BCUT2D eigenvalue weighted by Crippen LogP contribution is 2.33. The summed E-state index contributed by atoms with van der Waals surface area (Å²) in [4.78, 5) is 26.6. The van der Waals surface area contributed by atoms with E-state index in [1.165, 1.54) is 0 Å². The average molecular weight is 424 g/mol. The Bertz CT molecular complexity index is 1110. The fraction of sp³-hybridized carbons (Fsp3) is 0.0435. The molecule has 0 atom stereocenters. The molecule has 144 valence electrons. The maximum absolute atomic E-state index is 12.9. The summed E-state index contributed by atoms with van der Waals surface area (Å²) in [5.41, 5.74) is 1.49. The van der Waals surface area contributed by atoms with Gasteiger partial charge in [0.05, 0.1) is 12.1 Å². The van der Waals surface area contributed by atoms with Crippen LogP contribution in [0.1, 0.15) is 11.1 Å². The van der Waals surface area contributed by atoms with Crippen LogP contribution in [-0.4, -0.2) is 16.7 Å². The zero-order valence-electron chi connectivity index (χ0n) is 15.1. The number of ether oxygens (including phenoxy) is 1. The summed E-state index contributed by atoms with van der Waals surface area (Å²) in [5, 5.41) is 0.448. The van der Waals surface area contributed by atoms with Crippen LogP contribution in [0.15, 0.2) is 83.9 Å². The van der Waals surface area contributed by atoms with E-state index in [9.17, 15) is 9.59 Å². The Kier molecular flexibility index (Phi) is 5.38. The van der Waals surface area contributed by atoms with Crippen molar-refractivity contribution in [3.63, 3.8) is 0 Å². The Morgan fingerprint density at radius 1 is 0.759 bits per heavy atom. The molecule has 0 fully saturated rings. The third kappa shape index (κ3) is 4.04. The van der Waals surface area contributed by atoms with Crippen LogP contribution in [0.3, 0.4) is 0 Å². The summed E-state index contributed by atoms with van der Waals surface area (Å²) in [5.74, 6) is 0.366. The highest BCUT2D eigenvalue weighted by atomic mass is 35.5. The molecule has 0 aliphatic carbocycles. The summed E-state index contributed by atoms with van der Waals surface area (Å²) in [7, 11) is 0. The summed E-state index contributed by atoms with van der Waals surface area (Å²) in [6.45, 7) is 0.0942. The van der Waals surface area contributed by atoms with Gasteiger partial charge >= 0.3 is 0 Å². The van der Waals surface area contributed by atoms with Crippen molar-refractivity contribution in [3.8, 4) is 11.5 Å². The van der Waals surface area contributed by atoms with Gasteiger partial charge in [0.2, 0.25) is 0 Å². The molecule has 2 amide bonds. The summed E-state index contributed by atoms with van der Waals surface area (Å²) < 4.78 is 5.82. The minimum Gasteiger partial charge on any atom is -0.457 e. The Morgan fingerprint density at radius 3 is 2.17 bits per heavy atom. The van der Waals surface area contributed by atoms with E-state index in [0.717, 1.165) is 10.5 Å². The van der Waals surface area contributed by atoms with Crippen LogP contribution < -0.4 is 4.74 Å². The van der Waals surface area contributed by atoms with Crippen LogP contribution in [-0.2, 0) is 16.1 Å². The van der Waals surface area contributed by atoms with Gasteiger partial charge in [-0.2, -0.15) is 0 Å². The van der Waals surface area contributed by atoms with Gasteiger partial charge in [0.15, 0.2) is 0 Å². The third-order valence-corrected chi connectivity index (χ3v) is 5.06. The molecule has 0 N–H and O–H groups in total. The number of rotatable bonds is 5. The van der Waals surface area contributed by atoms with Crippen LogP contribution >= 0.6 is 23.2 Å². The molecule has 3 aromatic carbocycles. The van der Waals surface area contributed by atoms with E-state index in [2.05, 4.69) is 0 Å². The fourth-order valence-electron chi connectivity index (χ4n) is 3.07. The number of para-hydroxylation sites is 1. The van der Waals surface area contributed by atoms with Crippen molar-refractivity contribution in [1.82, 2.24) is 4.90 Å². The second-order valence-corrected chi connectivity index (χ2v) is 7.27. The van der Waals surface area contributed by atoms with E-state index in [0.29, 0.717) is 22.1 Å². The molecule has 4 rings (SSSR count). The van der Waals surface area contributed by atoms with Crippen molar-refractivity contribution >= 4 is 40.6 Å². The minimum atomic E-state index is -0.518. The standard InChI is InChI=1S/C23H15Cl2NO3/c24-17-11-9-16(10-12-17)20-21(25)23(28)26(22(20)27)14-15-5-4-8-19(13-15)29-18-6-2-1-3-7-18/h1-13H,14H2. The molecule has 0 bridgehead atoms. The topological polar surface area (TPSA) is 46.6 Å². The zero-order chi connectivity index (χ0) is 20.4. The summed E-state index contributed by atoms with van der Waals surface area (Å²) >= 11 is 12.1. The van der Waals surface area contributed by atoms with Crippen molar-refractivity contribution < 1.29 is 14.3 Å². The van der Waals surface area contributed by atoms with Crippen LogP contribution in [0.4, 0.5) is 0 Å². The normalized spacial score (nSPS) is 13.9. The Morgan fingerprint density at radius 2 is 1.45 bits per heavy atom. The first-order valence-electron chi connectivity index (χ1n) is 8.86. The van der Waals surface area contributed by atoms with Crippen LogP contribution in [0.25, 0.3) is 5.57 Å². The predicted octanol–water partition coefficient (Wildman–Crippen LogP) is 5.65. The Hall–Kier alpha value is -3.08. The van der Waals surface area contributed by atoms with Gasteiger partial charge in [-0.3, -0.25) is 14.5 Å². The Balaban J connectivity index is 1.55. The molecule has 3 aromatic rings. The van der Waals surface area contributed by atoms with Gasteiger partial charge in [0, 0.05) is 5.02 Å². The highest BCUT2D eigenvalue weighted by Gasteiger charge is 2.38. The molecule has 0 spiro atoms. The molecule has 0 saturated carbocycles. The number of imide groups is 1. The van der Waals surface area contributed by atoms with Crippen LogP contribution in [0.2, 0.25) is 5.02 Å². The monoisotopic (exact) mass is 423 g/mol. The van der Waals surface area contributed by atoms with E-state index in [1.54, 1.807) is 30.3 Å². The molecule has 0 aromatic heterocycles. The SMILES string of the molecule is O=C1C(Cl)=C(c2ccc(Cl)cc2)C(=O)N1Cc1cccc(Oc2ccccc2)c1. The number of halogens is 2. The smallest absolute Gasteiger partial charge is 0.273 e. The molecule has 29 heavy (non-hydrogen) atoms. The van der Waals surface area contributed by atoms with Gasteiger partial charge in [-0.25, -0.2) is 0 Å². The summed E-state index contributed by atoms with van der Waals surface area (Å²) in [6, 6.07) is 23.3. The first-order valence-corrected chi connectivity index (χ1v) is 9.62. The van der Waals surface area contributed by atoms with Crippen LogP contribution in [0, 0.1) is 0 Å². The first-order chi connectivity index (χ1) is 14.0. The molecular formula is C23H15Cl2NO3. The van der Waals surface area contributed by atoms with Crippen molar-refractivity contribution in [3.05, 3.63) is 100 Å². The van der Waals surface area contributed by atoms with Gasteiger partial charge in [-0.15, -0.1) is 0 Å². The number of hydrogen-bond donors (Lipinski definition) is 0. The number of carbonyl (C=O) groups excluding carboxylic acids is 2. The maximum atomic E-state index is 12.9. The molecule has 6 heteroatoms. The van der Waals surface area contributed by atoms with Gasteiger partial charge in [0.1, 0.15) is 16.5 Å². The second-order valence-electron chi connectivity index (χ2n) is 6.45. The second kappa shape index (κ2) is 8.11. The van der Waals surface area contributed by atoms with Crippen LogP contribution in [0.5, 0.6) is 11.5 Å². The minimum absolute atomic E-state index is 0.0889. The Labute approximate surface area is 177 Å². The van der Waals surface area contributed by atoms with Crippen molar-refractivity contribution in [2.45, 2.75) is 6.54 Å². The lowest BCUT2D eigenvalue weighted by Crippen LogP contribution is -2.30. The number of benzene rings is 3. The molecule has 4 nitrogen and oxygen atoms in total. The van der Waals surface area contributed by atoms with E-state index < -0.39 is 11.8 Å². The van der Waals surface area contributed by atoms with Gasteiger partial charge in [0.25, 0.3) is 11.8 Å². The molecular weight excluding hydrogens is 409 g/mol. The lowest BCUT2D eigenvalue weighted by molar-refractivity contribution is -0.137. The van der Waals surface area contributed by atoms with E-state index in [1.807, 2.05) is 48.5 Å². The predicted molar refractivity (Wildman–Crippen MR) is 113 cm³/mol. The number of amides is 2. The van der Waals surface area contributed by atoms with E-state index in [4.69, 9.17) is 27.9 Å². The van der Waals surface area contributed by atoms with E-state index >= 15 is 0 Å². The number of hydrogen-bond acceptors (Lipinski definition) is 3. The van der Waals surface area contributed by atoms with Crippen molar-refractivity contribution in [2.75, 3.05) is 0 Å². The third-order valence-electron chi connectivity index (χ3n) is 4.46. The molecule has 1 aliphatic rings. The van der Waals surface area contributed by atoms with Gasteiger partial charge in [-0.05, 0) is 47.5 Å². The van der Waals surface area contributed by atoms with Crippen molar-refractivity contribution in [1.29, 1.82) is 0 Å². The number of carbonyl (C=O) groups is 2. The molecule has 0 saturated heterocycles. The van der Waals surface area contributed by atoms with Gasteiger partial charge < -0.3 is 4.74 Å². The lowest BCUT2D eigenvalue weighted by Gasteiger charge is -2.16. The number of nitrogens with zero attached hydrogens (tertiary/aromatic N) is 1. The largest absolute Gasteiger partial charge is 0.457 e. The maximum Gasteiger partial charge on any atom is 0.273 e. The molecule has 1 aliphatic heterocycles. The van der Waals surface area contributed by atoms with Gasteiger partial charge in [-0.1, -0.05) is 65.7 Å². The lowest BCUT2D eigenvalue weighted by atomic mass is 10.1.